The summed E-state index contributed by atoms with van der Waals surface area (Å²) in [6.07, 6.45) is 4.45. The van der Waals surface area contributed by atoms with E-state index in [1.54, 1.807) is 13.0 Å². The Morgan fingerprint density at radius 1 is 1.08 bits per heavy atom. The molecule has 2 aromatic carbocycles. The van der Waals surface area contributed by atoms with Gasteiger partial charge in [0.2, 0.25) is 0 Å². The van der Waals surface area contributed by atoms with Gasteiger partial charge in [0.05, 0.1) is 5.69 Å². The Balaban J connectivity index is 1.66. The van der Waals surface area contributed by atoms with E-state index in [4.69, 9.17) is 9.72 Å². The maximum absolute atomic E-state index is 13.1. The largest absolute Gasteiger partial charge is 0.480 e. The maximum Gasteiger partial charge on any atom is 0.326 e. The molecule has 2 N–H and O–H groups in total. The molecule has 0 saturated heterocycles. The van der Waals surface area contributed by atoms with Crippen LogP contribution in [-0.2, 0) is 10.2 Å². The number of fused-ring (bicyclic) bond motifs is 1. The first-order chi connectivity index (χ1) is 17.5. The molecule has 1 heterocycles. The van der Waals surface area contributed by atoms with E-state index < -0.39 is 17.9 Å². The fourth-order valence-corrected chi connectivity index (χ4v) is 4.88. The predicted molar refractivity (Wildman–Crippen MR) is 146 cm³/mol. The summed E-state index contributed by atoms with van der Waals surface area (Å²) in [5, 5.41) is 14.0. The van der Waals surface area contributed by atoms with Crippen LogP contribution in [0.3, 0.4) is 0 Å². The molecule has 0 radical (unpaired) electrons. The van der Waals surface area contributed by atoms with Gasteiger partial charge in [-0.25, -0.2) is 9.78 Å². The van der Waals surface area contributed by atoms with Gasteiger partial charge in [0, 0.05) is 11.3 Å². The molecule has 0 bridgehead atoms. The number of carbonyl (C=O) groups excluding carboxylic acids is 1. The van der Waals surface area contributed by atoms with Gasteiger partial charge in [-0.05, 0) is 72.9 Å². The minimum Gasteiger partial charge on any atom is -0.480 e. The third-order valence-electron chi connectivity index (χ3n) is 6.92. The molecule has 37 heavy (non-hydrogen) atoms. The predicted octanol–water partition coefficient (Wildman–Crippen LogP) is 7.13. The van der Waals surface area contributed by atoms with Crippen LogP contribution in [0.5, 0.6) is 11.5 Å². The summed E-state index contributed by atoms with van der Waals surface area (Å²) in [6, 6.07) is 14.7. The average Bonchev–Trinajstić information content (AvgIpc) is 3.37. The highest BCUT2D eigenvalue weighted by molar-refractivity contribution is 5.99. The normalized spacial score (nSPS) is 14.9. The molecular formula is C31H36N2O4. The van der Waals surface area contributed by atoms with Gasteiger partial charge in [0.25, 0.3) is 5.91 Å². The van der Waals surface area contributed by atoms with Crippen LogP contribution in [0.4, 0.5) is 0 Å². The quantitative estimate of drug-likeness (QED) is 0.321. The van der Waals surface area contributed by atoms with Crippen molar-refractivity contribution in [1.29, 1.82) is 0 Å². The number of carboxylic acid groups (broad SMARTS) is 1. The standard InChI is InChI=1S/C31H36N2O4/c1-19(2)16-27(30(35)36)33-29(34)26-17-21-10-13-24(18-25(21)28(32-26)20-8-6-7-9-20)37-23-14-11-22(12-15-23)31(3,4)5/h10-15,17-18,20,27H,1,6-9,16H2,2-5H3,(H,33,34)(H,35,36)/t27-/m0/s1. The number of aliphatic carboxylic acids is 1. The molecular weight excluding hydrogens is 464 g/mol. The highest BCUT2D eigenvalue weighted by Gasteiger charge is 2.25. The van der Waals surface area contributed by atoms with Crippen LogP contribution in [0.25, 0.3) is 10.8 Å². The second-order valence-corrected chi connectivity index (χ2v) is 11.2. The monoisotopic (exact) mass is 500 g/mol. The van der Waals surface area contributed by atoms with Crippen LogP contribution in [0.1, 0.15) is 87.5 Å². The van der Waals surface area contributed by atoms with Gasteiger partial charge in [-0.15, -0.1) is 6.58 Å². The molecule has 1 saturated carbocycles. The van der Waals surface area contributed by atoms with E-state index >= 15 is 0 Å². The van der Waals surface area contributed by atoms with E-state index in [9.17, 15) is 14.7 Å². The Bertz CT molecular complexity index is 1320. The number of pyridine rings is 1. The third-order valence-corrected chi connectivity index (χ3v) is 6.92. The highest BCUT2D eigenvalue weighted by Crippen LogP contribution is 2.38. The number of amides is 1. The van der Waals surface area contributed by atoms with E-state index in [0.29, 0.717) is 11.3 Å². The Labute approximate surface area is 218 Å². The number of aromatic nitrogens is 1. The van der Waals surface area contributed by atoms with Crippen LogP contribution in [0, 0.1) is 0 Å². The summed E-state index contributed by atoms with van der Waals surface area (Å²) in [6.45, 7) is 12.1. The van der Waals surface area contributed by atoms with Crippen molar-refractivity contribution in [2.75, 3.05) is 0 Å². The lowest BCUT2D eigenvalue weighted by Gasteiger charge is -2.19. The molecule has 0 unspecified atom stereocenters. The molecule has 6 heteroatoms. The van der Waals surface area contributed by atoms with E-state index in [2.05, 4.69) is 44.8 Å². The fourth-order valence-electron chi connectivity index (χ4n) is 4.88. The highest BCUT2D eigenvalue weighted by atomic mass is 16.5. The number of carboxylic acids is 1. The molecule has 0 aliphatic heterocycles. The number of nitrogens with one attached hydrogen (secondary N) is 1. The van der Waals surface area contributed by atoms with Gasteiger partial charge >= 0.3 is 5.97 Å². The second kappa shape index (κ2) is 10.8. The first-order valence-corrected chi connectivity index (χ1v) is 12.9. The van der Waals surface area contributed by atoms with E-state index in [-0.39, 0.29) is 23.4 Å². The summed E-state index contributed by atoms with van der Waals surface area (Å²) in [7, 11) is 0. The van der Waals surface area contributed by atoms with Crippen molar-refractivity contribution >= 4 is 22.6 Å². The molecule has 1 amide bonds. The number of nitrogens with zero attached hydrogens (tertiary/aromatic N) is 1. The summed E-state index contributed by atoms with van der Waals surface area (Å²) in [5.74, 6) is 0.138. The summed E-state index contributed by atoms with van der Waals surface area (Å²) >= 11 is 0. The molecule has 3 aromatic rings. The van der Waals surface area contributed by atoms with Crippen molar-refractivity contribution in [3.05, 3.63) is 77.6 Å². The number of rotatable bonds is 8. The maximum atomic E-state index is 13.1. The molecule has 4 rings (SSSR count). The molecule has 1 fully saturated rings. The number of hydrogen-bond donors (Lipinski definition) is 2. The van der Waals surface area contributed by atoms with E-state index in [1.807, 2.05) is 30.3 Å². The van der Waals surface area contributed by atoms with Crippen molar-refractivity contribution in [1.82, 2.24) is 10.3 Å². The zero-order valence-corrected chi connectivity index (χ0v) is 22.1. The van der Waals surface area contributed by atoms with E-state index in [1.165, 1.54) is 5.56 Å². The van der Waals surface area contributed by atoms with Gasteiger partial charge in [0.1, 0.15) is 23.2 Å². The molecule has 1 aliphatic rings. The number of carbonyl (C=O) groups is 2. The van der Waals surface area contributed by atoms with Crippen molar-refractivity contribution in [3.8, 4) is 11.5 Å². The van der Waals surface area contributed by atoms with Crippen molar-refractivity contribution in [2.24, 2.45) is 0 Å². The molecule has 6 nitrogen and oxygen atoms in total. The van der Waals surface area contributed by atoms with Gasteiger partial charge in [-0.1, -0.05) is 57.4 Å². The summed E-state index contributed by atoms with van der Waals surface area (Å²) in [4.78, 5) is 29.5. The molecule has 1 atom stereocenters. The van der Waals surface area contributed by atoms with Crippen LogP contribution >= 0.6 is 0 Å². The van der Waals surface area contributed by atoms with Gasteiger partial charge in [0.15, 0.2) is 0 Å². The van der Waals surface area contributed by atoms with Crippen LogP contribution in [0.2, 0.25) is 0 Å². The zero-order chi connectivity index (χ0) is 26.7. The van der Waals surface area contributed by atoms with Crippen LogP contribution in [0.15, 0.2) is 60.7 Å². The lowest BCUT2D eigenvalue weighted by Crippen LogP contribution is -2.41. The Morgan fingerprint density at radius 2 is 1.73 bits per heavy atom. The lowest BCUT2D eigenvalue weighted by molar-refractivity contribution is -0.139. The molecule has 194 valence electrons. The minimum absolute atomic E-state index is 0.0718. The van der Waals surface area contributed by atoms with Crippen molar-refractivity contribution < 1.29 is 19.4 Å². The first-order valence-electron chi connectivity index (χ1n) is 12.9. The third kappa shape index (κ3) is 6.37. The SMILES string of the molecule is C=C(C)C[C@H](NC(=O)c1cc2ccc(Oc3ccc(C(C)(C)C)cc3)cc2c(C2CCCC2)n1)C(=O)O. The number of benzene rings is 2. The van der Waals surface area contributed by atoms with Crippen molar-refractivity contribution in [2.45, 2.75) is 77.2 Å². The Kier molecular flexibility index (Phi) is 7.67. The van der Waals surface area contributed by atoms with Gasteiger partial charge in [-0.3, -0.25) is 4.79 Å². The van der Waals surface area contributed by atoms with E-state index in [0.717, 1.165) is 47.9 Å². The molecule has 0 spiro atoms. The van der Waals surface area contributed by atoms with Crippen molar-refractivity contribution in [3.63, 3.8) is 0 Å². The first kappa shape index (κ1) is 26.4. The fraction of sp³-hybridized carbons (Fsp3) is 0.387. The topological polar surface area (TPSA) is 88.5 Å². The summed E-state index contributed by atoms with van der Waals surface area (Å²) in [5.41, 5.74) is 3.11. The van der Waals surface area contributed by atoms with Crippen LogP contribution in [-0.4, -0.2) is 28.0 Å². The minimum atomic E-state index is -1.09. The Morgan fingerprint density at radius 3 is 2.32 bits per heavy atom. The zero-order valence-electron chi connectivity index (χ0n) is 22.1. The smallest absolute Gasteiger partial charge is 0.326 e. The van der Waals surface area contributed by atoms with Gasteiger partial charge in [-0.2, -0.15) is 0 Å². The number of hydrogen-bond acceptors (Lipinski definition) is 4. The average molecular weight is 501 g/mol. The number of ether oxygens (including phenoxy) is 1. The van der Waals surface area contributed by atoms with Gasteiger partial charge < -0.3 is 15.2 Å². The molecule has 1 aliphatic carbocycles. The molecule has 1 aromatic heterocycles. The lowest BCUT2D eigenvalue weighted by atomic mass is 9.87. The van der Waals surface area contributed by atoms with Crippen LogP contribution < -0.4 is 10.1 Å². The Hall–Kier alpha value is -3.67. The second-order valence-electron chi connectivity index (χ2n) is 11.2. The summed E-state index contributed by atoms with van der Waals surface area (Å²) < 4.78 is 6.18.